The molecule has 146 valence electrons. The van der Waals surface area contributed by atoms with E-state index >= 15 is 0 Å². The van der Waals surface area contributed by atoms with Gasteiger partial charge in [0.15, 0.2) is 0 Å². The number of nitrogens with zero attached hydrogens (tertiary/aromatic N) is 4. The van der Waals surface area contributed by atoms with Crippen LogP contribution in [0.1, 0.15) is 28.8 Å². The fourth-order valence-corrected chi connectivity index (χ4v) is 4.42. The van der Waals surface area contributed by atoms with E-state index in [0.717, 1.165) is 33.7 Å². The summed E-state index contributed by atoms with van der Waals surface area (Å²) in [5.41, 5.74) is 5.00. The molecule has 4 heterocycles. The van der Waals surface area contributed by atoms with Crippen molar-refractivity contribution in [2.24, 2.45) is 0 Å². The summed E-state index contributed by atoms with van der Waals surface area (Å²) in [4.78, 5) is 8.78. The van der Waals surface area contributed by atoms with Crippen LogP contribution < -0.4 is 10.1 Å². The third-order valence-corrected chi connectivity index (χ3v) is 5.71. The van der Waals surface area contributed by atoms with Crippen LogP contribution in [-0.2, 0) is 0 Å². The number of hydrogen-bond donors (Lipinski definition) is 1. The third-order valence-electron chi connectivity index (χ3n) is 5.47. The van der Waals surface area contributed by atoms with Crippen molar-refractivity contribution in [1.82, 2.24) is 19.7 Å². The summed E-state index contributed by atoms with van der Waals surface area (Å²) in [6, 6.07) is 19.6. The highest BCUT2D eigenvalue weighted by atomic mass is 35.5. The van der Waals surface area contributed by atoms with Crippen molar-refractivity contribution < 1.29 is 4.74 Å². The molecule has 2 aliphatic heterocycles. The van der Waals surface area contributed by atoms with E-state index in [2.05, 4.69) is 32.5 Å². The topological polar surface area (TPSA) is 64.9 Å². The fraction of sp³-hybridized carbons (Fsp3) is 0.0870. The predicted octanol–water partition coefficient (Wildman–Crippen LogP) is 4.89. The van der Waals surface area contributed by atoms with Crippen molar-refractivity contribution in [3.63, 3.8) is 0 Å². The molecule has 0 amide bonds. The second kappa shape index (κ2) is 6.71. The van der Waals surface area contributed by atoms with E-state index in [1.165, 1.54) is 0 Å². The molecule has 30 heavy (non-hydrogen) atoms. The number of ether oxygens (including phenoxy) is 1. The van der Waals surface area contributed by atoms with Crippen LogP contribution in [-0.4, -0.2) is 19.7 Å². The average molecular weight is 414 g/mol. The Hall–Kier alpha value is -3.64. The van der Waals surface area contributed by atoms with Crippen LogP contribution in [0.25, 0.3) is 5.70 Å². The normalized spacial score (nSPS) is 19.2. The van der Waals surface area contributed by atoms with Gasteiger partial charge in [0.1, 0.15) is 24.2 Å². The Bertz CT molecular complexity index is 1280. The van der Waals surface area contributed by atoms with E-state index in [1.54, 1.807) is 12.5 Å². The van der Waals surface area contributed by atoms with Crippen molar-refractivity contribution >= 4 is 23.2 Å². The first-order chi connectivity index (χ1) is 14.8. The highest BCUT2D eigenvalue weighted by molar-refractivity contribution is 6.30. The van der Waals surface area contributed by atoms with Crippen LogP contribution in [0.2, 0.25) is 5.02 Å². The van der Waals surface area contributed by atoms with Crippen LogP contribution in [0.3, 0.4) is 0 Å². The molecular formula is C23H16ClN5O. The van der Waals surface area contributed by atoms with Crippen LogP contribution in [0.15, 0.2) is 85.0 Å². The minimum absolute atomic E-state index is 0.218. The van der Waals surface area contributed by atoms with E-state index in [4.69, 9.17) is 16.3 Å². The fourth-order valence-electron chi connectivity index (χ4n) is 4.22. The van der Waals surface area contributed by atoms with Gasteiger partial charge in [-0.3, -0.25) is 4.98 Å². The average Bonchev–Trinajstić information content (AvgIpc) is 3.26. The summed E-state index contributed by atoms with van der Waals surface area (Å²) in [5, 5.41) is 8.66. The van der Waals surface area contributed by atoms with E-state index in [-0.39, 0.29) is 12.1 Å². The maximum Gasteiger partial charge on any atom is 0.226 e. The first-order valence-corrected chi connectivity index (χ1v) is 9.99. The summed E-state index contributed by atoms with van der Waals surface area (Å²) in [7, 11) is 0. The van der Waals surface area contributed by atoms with Gasteiger partial charge in [0.25, 0.3) is 0 Å². The lowest BCUT2D eigenvalue weighted by Gasteiger charge is -2.38. The number of benzene rings is 2. The van der Waals surface area contributed by atoms with Gasteiger partial charge >= 0.3 is 0 Å². The van der Waals surface area contributed by atoms with Gasteiger partial charge < -0.3 is 10.1 Å². The zero-order valence-electron chi connectivity index (χ0n) is 15.7. The predicted molar refractivity (Wildman–Crippen MR) is 114 cm³/mol. The molecule has 0 bridgehead atoms. The summed E-state index contributed by atoms with van der Waals surface area (Å²) >= 11 is 6.33. The third kappa shape index (κ3) is 2.61. The largest absolute Gasteiger partial charge is 0.480 e. The van der Waals surface area contributed by atoms with E-state index in [0.29, 0.717) is 11.0 Å². The zero-order valence-corrected chi connectivity index (χ0v) is 16.5. The first kappa shape index (κ1) is 17.2. The molecule has 6 nitrogen and oxygen atoms in total. The Labute approximate surface area is 177 Å². The van der Waals surface area contributed by atoms with Gasteiger partial charge in [0, 0.05) is 28.6 Å². The summed E-state index contributed by atoms with van der Waals surface area (Å²) < 4.78 is 8.43. The molecule has 7 heteroatoms. The molecule has 0 spiro atoms. The van der Waals surface area contributed by atoms with Gasteiger partial charge in [-0.15, -0.1) is 0 Å². The molecule has 4 aromatic rings. The Morgan fingerprint density at radius 2 is 1.90 bits per heavy atom. The van der Waals surface area contributed by atoms with Gasteiger partial charge in [0.2, 0.25) is 5.95 Å². The number of para-hydroxylation sites is 1. The smallest absolute Gasteiger partial charge is 0.226 e. The van der Waals surface area contributed by atoms with Crippen LogP contribution in [0, 0.1) is 0 Å². The maximum absolute atomic E-state index is 6.55. The Morgan fingerprint density at radius 1 is 1.00 bits per heavy atom. The number of aromatic nitrogens is 4. The molecule has 1 N–H and O–H groups in total. The van der Waals surface area contributed by atoms with E-state index < -0.39 is 0 Å². The second-order valence-corrected chi connectivity index (χ2v) is 7.66. The summed E-state index contributed by atoms with van der Waals surface area (Å²) in [5.74, 6) is 1.50. The second-order valence-electron chi connectivity index (χ2n) is 7.22. The van der Waals surface area contributed by atoms with Crippen molar-refractivity contribution in [2.75, 3.05) is 5.32 Å². The molecule has 2 atom stereocenters. The van der Waals surface area contributed by atoms with Gasteiger partial charge in [0.05, 0.1) is 5.70 Å². The molecule has 0 unspecified atom stereocenters. The minimum atomic E-state index is -0.344. The van der Waals surface area contributed by atoms with Crippen molar-refractivity contribution in [3.8, 4) is 5.75 Å². The monoisotopic (exact) mass is 413 g/mol. The molecular weight excluding hydrogens is 398 g/mol. The van der Waals surface area contributed by atoms with Crippen LogP contribution in [0.5, 0.6) is 5.75 Å². The number of nitrogens with one attached hydrogen (secondary N) is 1. The molecule has 0 saturated heterocycles. The molecule has 2 aromatic carbocycles. The van der Waals surface area contributed by atoms with Crippen molar-refractivity contribution in [1.29, 1.82) is 0 Å². The lowest BCUT2D eigenvalue weighted by molar-refractivity contribution is 0.223. The number of pyridine rings is 1. The molecule has 0 aliphatic carbocycles. The summed E-state index contributed by atoms with van der Waals surface area (Å²) in [6.45, 7) is 0. The Kier molecular flexibility index (Phi) is 3.86. The minimum Gasteiger partial charge on any atom is -0.480 e. The van der Waals surface area contributed by atoms with Gasteiger partial charge in [-0.05, 0) is 41.5 Å². The molecule has 0 fully saturated rings. The van der Waals surface area contributed by atoms with Gasteiger partial charge in [-0.25, -0.2) is 4.68 Å². The van der Waals surface area contributed by atoms with Crippen LogP contribution in [0.4, 0.5) is 5.95 Å². The molecule has 6 rings (SSSR count). The standard InChI is InChI=1S/C23H16ClN5O/c24-16-7-3-5-14(11-16)22-19-20(17-8-1-2-9-18(17)30-22)28-23-26-13-27-29(23)21(19)15-6-4-10-25-12-15/h1-13,21-22H,(H,26,27,28)/t21-,22-/m1/s1. The van der Waals surface area contributed by atoms with Gasteiger partial charge in [-0.2, -0.15) is 10.1 Å². The van der Waals surface area contributed by atoms with E-state index in [9.17, 15) is 0 Å². The molecule has 0 saturated carbocycles. The Morgan fingerprint density at radius 3 is 2.77 bits per heavy atom. The highest BCUT2D eigenvalue weighted by Crippen LogP contribution is 2.50. The SMILES string of the molecule is Clc1cccc([C@H]2Oc3ccccc3C3=C2[C@@H](c2cccnc2)n2ncnc2N3)c1. The van der Waals surface area contributed by atoms with Crippen LogP contribution >= 0.6 is 11.6 Å². The van der Waals surface area contributed by atoms with E-state index in [1.807, 2.05) is 59.4 Å². The highest BCUT2D eigenvalue weighted by Gasteiger charge is 2.40. The van der Waals surface area contributed by atoms with Gasteiger partial charge in [-0.1, -0.05) is 41.9 Å². The number of halogens is 1. The first-order valence-electron chi connectivity index (χ1n) is 9.61. The molecule has 2 aromatic heterocycles. The molecule has 2 aliphatic rings. The number of anilines is 1. The van der Waals surface area contributed by atoms with Crippen molar-refractivity contribution in [3.05, 3.63) is 107 Å². The maximum atomic E-state index is 6.55. The number of hydrogen-bond acceptors (Lipinski definition) is 5. The lowest BCUT2D eigenvalue weighted by atomic mass is 9.85. The quantitative estimate of drug-likeness (QED) is 0.507. The number of fused-ring (bicyclic) bond motifs is 3. The van der Waals surface area contributed by atoms with Crippen molar-refractivity contribution in [2.45, 2.75) is 12.1 Å². The molecule has 0 radical (unpaired) electrons. The Balaban J connectivity index is 1.64. The zero-order chi connectivity index (χ0) is 20.1. The lowest BCUT2D eigenvalue weighted by Crippen LogP contribution is -2.32. The number of rotatable bonds is 2. The summed E-state index contributed by atoms with van der Waals surface area (Å²) in [6.07, 6.45) is 4.85.